The van der Waals surface area contributed by atoms with E-state index in [1.54, 1.807) is 6.20 Å². The SMILES string of the molecule is Cc1cc(C)cc(-n2ccnc2SC(C(=O)NC2CC2)c2ccccc2)c1. The van der Waals surface area contributed by atoms with Gasteiger partial charge in [0.1, 0.15) is 5.25 Å². The number of benzene rings is 2. The largest absolute Gasteiger partial charge is 0.352 e. The highest BCUT2D eigenvalue weighted by atomic mass is 32.2. The molecule has 0 saturated heterocycles. The number of aryl methyl sites for hydroxylation is 2. The normalized spacial score (nSPS) is 14.7. The number of hydrogen-bond acceptors (Lipinski definition) is 3. The molecular weight excluding hydrogens is 354 g/mol. The molecule has 1 atom stereocenters. The molecule has 1 aliphatic rings. The van der Waals surface area contributed by atoms with Crippen LogP contribution < -0.4 is 5.32 Å². The molecule has 2 aromatic carbocycles. The highest BCUT2D eigenvalue weighted by Gasteiger charge is 2.30. The third-order valence-corrected chi connectivity index (χ3v) is 5.81. The van der Waals surface area contributed by atoms with Gasteiger partial charge >= 0.3 is 0 Å². The van der Waals surface area contributed by atoms with Crippen LogP contribution in [0.3, 0.4) is 0 Å². The Hall–Kier alpha value is -2.53. The number of carbonyl (C=O) groups is 1. The Kier molecular flexibility index (Phi) is 5.03. The zero-order chi connectivity index (χ0) is 18.8. The third kappa shape index (κ3) is 4.25. The van der Waals surface area contributed by atoms with E-state index >= 15 is 0 Å². The van der Waals surface area contributed by atoms with Gasteiger partial charge in [0.15, 0.2) is 5.16 Å². The topological polar surface area (TPSA) is 46.9 Å². The number of nitrogens with one attached hydrogen (secondary N) is 1. The van der Waals surface area contributed by atoms with Crippen molar-refractivity contribution in [1.29, 1.82) is 0 Å². The van der Waals surface area contributed by atoms with E-state index in [0.29, 0.717) is 6.04 Å². The fraction of sp³-hybridized carbons (Fsp3) is 0.273. The monoisotopic (exact) mass is 377 g/mol. The maximum Gasteiger partial charge on any atom is 0.238 e. The van der Waals surface area contributed by atoms with Crippen LogP contribution in [0.25, 0.3) is 5.69 Å². The zero-order valence-electron chi connectivity index (χ0n) is 15.6. The van der Waals surface area contributed by atoms with Crippen molar-refractivity contribution in [3.63, 3.8) is 0 Å². The minimum Gasteiger partial charge on any atom is -0.352 e. The average Bonchev–Trinajstić information content (AvgIpc) is 3.33. The average molecular weight is 378 g/mol. The number of thioether (sulfide) groups is 1. The molecular formula is C22H23N3OS. The molecule has 4 rings (SSSR count). The second-order valence-electron chi connectivity index (χ2n) is 7.12. The number of aromatic nitrogens is 2. The summed E-state index contributed by atoms with van der Waals surface area (Å²) in [6.45, 7) is 4.19. The molecule has 5 heteroatoms. The van der Waals surface area contributed by atoms with Crippen LogP contribution >= 0.6 is 11.8 Å². The second-order valence-corrected chi connectivity index (χ2v) is 8.19. The van der Waals surface area contributed by atoms with Crippen LogP contribution in [0.2, 0.25) is 0 Å². The minimum absolute atomic E-state index is 0.0590. The van der Waals surface area contributed by atoms with Gasteiger partial charge in [-0.1, -0.05) is 48.2 Å². The van der Waals surface area contributed by atoms with E-state index < -0.39 is 0 Å². The highest BCUT2D eigenvalue weighted by molar-refractivity contribution is 8.00. The highest BCUT2D eigenvalue weighted by Crippen LogP contribution is 2.36. The number of hydrogen-bond donors (Lipinski definition) is 1. The summed E-state index contributed by atoms with van der Waals surface area (Å²) in [7, 11) is 0. The van der Waals surface area contributed by atoms with Gasteiger partial charge in [-0.25, -0.2) is 4.98 Å². The molecule has 27 heavy (non-hydrogen) atoms. The van der Waals surface area contributed by atoms with Crippen LogP contribution in [0.5, 0.6) is 0 Å². The Morgan fingerprint density at radius 3 is 2.52 bits per heavy atom. The summed E-state index contributed by atoms with van der Waals surface area (Å²) in [6.07, 6.45) is 5.91. The molecule has 1 saturated carbocycles. The Balaban J connectivity index is 1.65. The number of rotatable bonds is 6. The molecule has 1 aliphatic carbocycles. The van der Waals surface area contributed by atoms with Gasteiger partial charge in [-0.2, -0.15) is 0 Å². The van der Waals surface area contributed by atoms with Crippen LogP contribution in [0.1, 0.15) is 34.8 Å². The smallest absolute Gasteiger partial charge is 0.238 e. The van der Waals surface area contributed by atoms with E-state index in [9.17, 15) is 4.79 Å². The standard InChI is InChI=1S/C22H23N3OS/c1-15-12-16(2)14-19(13-15)25-11-10-23-22(25)27-20(17-6-4-3-5-7-17)21(26)24-18-8-9-18/h3-7,10-14,18,20H,8-9H2,1-2H3,(H,24,26). The van der Waals surface area contributed by atoms with Gasteiger partial charge < -0.3 is 5.32 Å². The lowest BCUT2D eigenvalue weighted by molar-refractivity contribution is -0.120. The Bertz CT molecular complexity index is 927. The first-order valence-corrected chi connectivity index (χ1v) is 10.1. The van der Waals surface area contributed by atoms with Crippen molar-refractivity contribution < 1.29 is 4.79 Å². The molecule has 1 heterocycles. The molecule has 1 N–H and O–H groups in total. The van der Waals surface area contributed by atoms with Crippen molar-refractivity contribution in [3.05, 3.63) is 77.6 Å². The van der Waals surface area contributed by atoms with Gasteiger partial charge in [-0.3, -0.25) is 9.36 Å². The summed E-state index contributed by atoms with van der Waals surface area (Å²) >= 11 is 1.50. The molecule has 1 fully saturated rings. The number of nitrogens with zero attached hydrogens (tertiary/aromatic N) is 2. The molecule has 138 valence electrons. The predicted molar refractivity (Wildman–Crippen MR) is 109 cm³/mol. The van der Waals surface area contributed by atoms with Gasteiger partial charge in [-0.05, 0) is 55.5 Å². The Morgan fingerprint density at radius 2 is 1.85 bits per heavy atom. The molecule has 0 radical (unpaired) electrons. The van der Waals surface area contributed by atoms with Crippen molar-refractivity contribution >= 4 is 17.7 Å². The van der Waals surface area contributed by atoms with Crippen LogP contribution in [0, 0.1) is 13.8 Å². The summed E-state index contributed by atoms with van der Waals surface area (Å²) < 4.78 is 2.06. The molecule has 0 bridgehead atoms. The molecule has 4 nitrogen and oxygen atoms in total. The van der Waals surface area contributed by atoms with Crippen LogP contribution in [0.4, 0.5) is 0 Å². The van der Waals surface area contributed by atoms with Crippen LogP contribution in [-0.4, -0.2) is 21.5 Å². The number of amides is 1. The molecule has 1 aromatic heterocycles. The number of carbonyl (C=O) groups excluding carboxylic acids is 1. The predicted octanol–water partition coefficient (Wildman–Crippen LogP) is 4.60. The molecule has 0 aliphatic heterocycles. The summed E-state index contributed by atoms with van der Waals surface area (Å²) in [5.41, 5.74) is 4.49. The number of imidazole rings is 1. The van der Waals surface area contributed by atoms with E-state index in [2.05, 4.69) is 46.9 Å². The maximum atomic E-state index is 12.9. The molecule has 1 amide bonds. The third-order valence-electron chi connectivity index (χ3n) is 4.58. The summed E-state index contributed by atoms with van der Waals surface area (Å²) in [5, 5.41) is 3.64. The summed E-state index contributed by atoms with van der Waals surface area (Å²) in [6, 6.07) is 16.7. The van der Waals surface area contributed by atoms with E-state index in [-0.39, 0.29) is 11.2 Å². The van der Waals surface area contributed by atoms with Crippen LogP contribution in [0.15, 0.2) is 66.1 Å². The van der Waals surface area contributed by atoms with E-state index in [0.717, 1.165) is 29.2 Å². The quantitative estimate of drug-likeness (QED) is 0.639. The van der Waals surface area contributed by atoms with E-state index in [1.807, 2.05) is 36.5 Å². The lowest BCUT2D eigenvalue weighted by Gasteiger charge is -2.17. The zero-order valence-corrected chi connectivity index (χ0v) is 16.4. The molecule has 0 spiro atoms. The van der Waals surface area contributed by atoms with Crippen molar-refractivity contribution in [2.24, 2.45) is 0 Å². The van der Waals surface area contributed by atoms with E-state index in [1.165, 1.54) is 22.9 Å². The van der Waals surface area contributed by atoms with E-state index in [4.69, 9.17) is 0 Å². The molecule has 3 aromatic rings. The van der Waals surface area contributed by atoms with Gasteiger partial charge in [0.25, 0.3) is 0 Å². The van der Waals surface area contributed by atoms with Crippen molar-refractivity contribution in [1.82, 2.24) is 14.9 Å². The van der Waals surface area contributed by atoms with Crippen molar-refractivity contribution in [2.75, 3.05) is 0 Å². The first-order chi connectivity index (χ1) is 13.1. The Morgan fingerprint density at radius 1 is 1.15 bits per heavy atom. The van der Waals surface area contributed by atoms with Gasteiger partial charge in [0.05, 0.1) is 0 Å². The first kappa shape index (κ1) is 17.9. The van der Waals surface area contributed by atoms with Crippen molar-refractivity contribution in [3.8, 4) is 5.69 Å². The summed E-state index contributed by atoms with van der Waals surface area (Å²) in [4.78, 5) is 17.4. The summed E-state index contributed by atoms with van der Waals surface area (Å²) in [5.74, 6) is 0.0590. The molecule has 1 unspecified atom stereocenters. The lowest BCUT2D eigenvalue weighted by Crippen LogP contribution is -2.29. The van der Waals surface area contributed by atoms with Crippen molar-refractivity contribution in [2.45, 2.75) is 43.1 Å². The minimum atomic E-state index is -0.321. The fourth-order valence-electron chi connectivity index (χ4n) is 3.17. The Labute approximate surface area is 164 Å². The lowest BCUT2D eigenvalue weighted by atomic mass is 10.1. The fourth-order valence-corrected chi connectivity index (χ4v) is 4.25. The van der Waals surface area contributed by atoms with Gasteiger partial charge in [0, 0.05) is 24.1 Å². The maximum absolute atomic E-state index is 12.9. The second kappa shape index (κ2) is 7.61. The first-order valence-electron chi connectivity index (χ1n) is 9.24. The van der Waals surface area contributed by atoms with Gasteiger partial charge in [-0.15, -0.1) is 0 Å². The van der Waals surface area contributed by atoms with Crippen LogP contribution in [-0.2, 0) is 4.79 Å². The van der Waals surface area contributed by atoms with Gasteiger partial charge in [0.2, 0.25) is 5.91 Å².